The van der Waals surface area contributed by atoms with Crippen LogP contribution in [0.1, 0.15) is 16.7 Å². The molecule has 23 heavy (non-hydrogen) atoms. The van der Waals surface area contributed by atoms with Crippen molar-refractivity contribution in [2.75, 3.05) is 6.54 Å². The van der Waals surface area contributed by atoms with Gasteiger partial charge in [0.2, 0.25) is 6.41 Å². The Bertz CT molecular complexity index is 744. The van der Waals surface area contributed by atoms with Gasteiger partial charge in [-0.05, 0) is 24.1 Å². The molecule has 0 unspecified atom stereocenters. The van der Waals surface area contributed by atoms with Crippen LogP contribution < -0.4 is 5.32 Å². The van der Waals surface area contributed by atoms with Crippen LogP contribution in [-0.2, 0) is 15.5 Å². The van der Waals surface area contributed by atoms with Gasteiger partial charge in [-0.2, -0.15) is 8.78 Å². The van der Waals surface area contributed by atoms with Gasteiger partial charge >= 0.3 is 5.97 Å². The van der Waals surface area contributed by atoms with Gasteiger partial charge in [-0.3, -0.25) is 9.59 Å². The third-order valence-corrected chi connectivity index (χ3v) is 3.41. The smallest absolute Gasteiger partial charge is 0.322 e. The van der Waals surface area contributed by atoms with Crippen molar-refractivity contribution in [2.24, 2.45) is 0 Å². The summed E-state index contributed by atoms with van der Waals surface area (Å²) in [5.74, 6) is -3.88. The number of carbonyl (C=O) groups excluding carboxylic acids is 1. The number of aryl methyl sites for hydroxylation is 1. The van der Waals surface area contributed by atoms with Crippen molar-refractivity contribution in [3.63, 3.8) is 0 Å². The SMILES string of the molecule is Cc1ccc2c(c1)C(F)(F)c1ccccc1-2.O=CNCC(=O)O. The Kier molecular flexibility index (Phi) is 4.74. The molecule has 4 nitrogen and oxygen atoms in total. The average molecular weight is 319 g/mol. The number of halogens is 2. The van der Waals surface area contributed by atoms with Crippen molar-refractivity contribution in [1.29, 1.82) is 0 Å². The van der Waals surface area contributed by atoms with Gasteiger partial charge < -0.3 is 10.4 Å². The summed E-state index contributed by atoms with van der Waals surface area (Å²) in [6.45, 7) is 1.53. The summed E-state index contributed by atoms with van der Waals surface area (Å²) in [6, 6.07) is 11.9. The molecule has 1 aliphatic rings. The van der Waals surface area contributed by atoms with Crippen molar-refractivity contribution in [2.45, 2.75) is 12.8 Å². The Morgan fingerprint density at radius 1 is 1.17 bits per heavy atom. The molecule has 0 saturated carbocycles. The molecule has 0 atom stereocenters. The Hall–Kier alpha value is -2.76. The van der Waals surface area contributed by atoms with Gasteiger partial charge in [0, 0.05) is 11.1 Å². The highest BCUT2D eigenvalue weighted by atomic mass is 19.3. The van der Waals surface area contributed by atoms with Crippen LogP contribution in [0.4, 0.5) is 8.78 Å². The van der Waals surface area contributed by atoms with E-state index >= 15 is 0 Å². The van der Waals surface area contributed by atoms with E-state index in [0.717, 1.165) is 5.56 Å². The number of hydrogen-bond acceptors (Lipinski definition) is 2. The Morgan fingerprint density at radius 3 is 2.43 bits per heavy atom. The highest BCUT2D eigenvalue weighted by molar-refractivity contribution is 5.79. The van der Waals surface area contributed by atoms with E-state index in [9.17, 15) is 18.4 Å². The van der Waals surface area contributed by atoms with E-state index in [2.05, 4.69) is 0 Å². The molecule has 6 heteroatoms. The first kappa shape index (κ1) is 16.6. The van der Waals surface area contributed by atoms with E-state index in [1.165, 1.54) is 6.07 Å². The number of carboxylic acids is 1. The normalized spacial score (nSPS) is 13.2. The number of nitrogens with one attached hydrogen (secondary N) is 1. The molecule has 3 rings (SSSR count). The van der Waals surface area contributed by atoms with E-state index in [1.807, 2.05) is 18.3 Å². The van der Waals surface area contributed by atoms with E-state index in [4.69, 9.17) is 5.11 Å². The van der Waals surface area contributed by atoms with Gasteiger partial charge in [-0.15, -0.1) is 0 Å². The molecule has 2 N–H and O–H groups in total. The zero-order chi connectivity index (χ0) is 17.0. The number of rotatable bonds is 3. The Labute approximate surface area is 131 Å². The summed E-state index contributed by atoms with van der Waals surface area (Å²) in [4.78, 5) is 18.9. The number of fused-ring (bicyclic) bond motifs is 3. The molecular formula is C17H15F2NO3. The van der Waals surface area contributed by atoms with Crippen LogP contribution in [0.25, 0.3) is 11.1 Å². The lowest BCUT2D eigenvalue weighted by Crippen LogP contribution is -2.20. The summed E-state index contributed by atoms with van der Waals surface area (Å²) in [5, 5.41) is 9.79. The number of hydrogen-bond donors (Lipinski definition) is 2. The molecule has 2 aromatic carbocycles. The van der Waals surface area contributed by atoms with Crippen LogP contribution >= 0.6 is 0 Å². The minimum atomic E-state index is -2.85. The van der Waals surface area contributed by atoms with Gasteiger partial charge in [0.15, 0.2) is 0 Å². The molecule has 0 saturated heterocycles. The summed E-state index contributed by atoms with van der Waals surface area (Å²) in [6.07, 6.45) is 0.341. The standard InChI is InChI=1S/C14H10F2.C3H5NO3/c1-9-6-7-11-10-4-2-3-5-12(10)14(15,16)13(11)8-9;5-2-4-1-3(6)7/h2-8H,1H3;2H,1H2,(H,4,5)(H,6,7). The summed E-state index contributed by atoms with van der Waals surface area (Å²) in [5.41, 5.74) is 2.43. The summed E-state index contributed by atoms with van der Waals surface area (Å²) < 4.78 is 28.2. The van der Waals surface area contributed by atoms with Crippen LogP contribution in [-0.4, -0.2) is 24.0 Å². The van der Waals surface area contributed by atoms with Crippen LogP contribution in [0, 0.1) is 6.92 Å². The molecule has 0 bridgehead atoms. The van der Waals surface area contributed by atoms with E-state index in [0.29, 0.717) is 17.5 Å². The van der Waals surface area contributed by atoms with Gasteiger partial charge in [0.05, 0.1) is 0 Å². The topological polar surface area (TPSA) is 66.4 Å². The molecule has 0 spiro atoms. The molecule has 0 fully saturated rings. The van der Waals surface area contributed by atoms with Crippen molar-refractivity contribution in [3.05, 3.63) is 59.2 Å². The minimum Gasteiger partial charge on any atom is -0.480 e. The lowest BCUT2D eigenvalue weighted by Gasteiger charge is -2.12. The Balaban J connectivity index is 0.000000236. The number of carbonyl (C=O) groups is 2. The maximum absolute atomic E-state index is 14.1. The molecule has 2 aromatic rings. The minimum absolute atomic E-state index is 0.121. The van der Waals surface area contributed by atoms with Gasteiger partial charge in [0.25, 0.3) is 5.92 Å². The van der Waals surface area contributed by atoms with Crippen LogP contribution in [0.5, 0.6) is 0 Å². The largest absolute Gasteiger partial charge is 0.480 e. The lowest BCUT2D eigenvalue weighted by atomic mass is 10.0. The fourth-order valence-electron chi connectivity index (χ4n) is 2.42. The predicted molar refractivity (Wildman–Crippen MR) is 81.3 cm³/mol. The number of alkyl halides is 2. The molecule has 1 aliphatic carbocycles. The highest BCUT2D eigenvalue weighted by Crippen LogP contribution is 2.50. The predicted octanol–water partition coefficient (Wildman–Crippen LogP) is 2.93. The molecule has 0 radical (unpaired) electrons. The second-order valence-electron chi connectivity index (χ2n) is 5.06. The molecule has 120 valence electrons. The monoisotopic (exact) mass is 319 g/mol. The van der Waals surface area contributed by atoms with Crippen LogP contribution in [0.15, 0.2) is 42.5 Å². The third-order valence-electron chi connectivity index (χ3n) is 3.41. The van der Waals surface area contributed by atoms with E-state index in [-0.39, 0.29) is 17.7 Å². The van der Waals surface area contributed by atoms with Gasteiger partial charge in [-0.25, -0.2) is 0 Å². The number of aliphatic carboxylic acids is 1. The zero-order valence-electron chi connectivity index (χ0n) is 12.3. The molecular weight excluding hydrogens is 304 g/mol. The maximum atomic E-state index is 14.1. The first-order valence-corrected chi connectivity index (χ1v) is 6.85. The molecule has 1 amide bonds. The fourth-order valence-corrected chi connectivity index (χ4v) is 2.42. The summed E-state index contributed by atoms with van der Waals surface area (Å²) in [7, 11) is 0. The van der Waals surface area contributed by atoms with E-state index in [1.54, 1.807) is 30.3 Å². The molecule has 0 heterocycles. The van der Waals surface area contributed by atoms with Gasteiger partial charge in [-0.1, -0.05) is 42.0 Å². The fraction of sp³-hybridized carbons (Fsp3) is 0.176. The summed E-state index contributed by atoms with van der Waals surface area (Å²) >= 11 is 0. The van der Waals surface area contributed by atoms with Crippen molar-refractivity contribution >= 4 is 12.4 Å². The van der Waals surface area contributed by atoms with Crippen LogP contribution in [0.2, 0.25) is 0 Å². The molecule has 0 aliphatic heterocycles. The second-order valence-corrected chi connectivity index (χ2v) is 5.06. The van der Waals surface area contributed by atoms with Crippen LogP contribution in [0.3, 0.4) is 0 Å². The maximum Gasteiger partial charge on any atom is 0.322 e. The van der Waals surface area contributed by atoms with Crippen molar-refractivity contribution < 1.29 is 23.5 Å². The lowest BCUT2D eigenvalue weighted by molar-refractivity contribution is -0.136. The molecule has 0 aromatic heterocycles. The number of benzene rings is 2. The highest BCUT2D eigenvalue weighted by Gasteiger charge is 2.43. The first-order valence-electron chi connectivity index (χ1n) is 6.85. The quantitative estimate of drug-likeness (QED) is 0.855. The first-order chi connectivity index (χ1) is 10.9. The zero-order valence-corrected chi connectivity index (χ0v) is 12.3. The van der Waals surface area contributed by atoms with Gasteiger partial charge in [0.1, 0.15) is 6.54 Å². The van der Waals surface area contributed by atoms with E-state index < -0.39 is 11.9 Å². The van der Waals surface area contributed by atoms with Crippen molar-refractivity contribution in [3.8, 4) is 11.1 Å². The Morgan fingerprint density at radius 2 is 1.83 bits per heavy atom. The number of amides is 1. The number of carboxylic acid groups (broad SMARTS) is 1. The average Bonchev–Trinajstić information content (AvgIpc) is 2.74. The van der Waals surface area contributed by atoms with Crippen molar-refractivity contribution in [1.82, 2.24) is 5.32 Å². The third kappa shape index (κ3) is 3.36. The second kappa shape index (κ2) is 6.56.